The summed E-state index contributed by atoms with van der Waals surface area (Å²) in [4.78, 5) is 46.4. The molecule has 0 atom stereocenters. The molecule has 1 heterocycles. The molecule has 1 aromatic heterocycles. The first kappa shape index (κ1) is 26.3. The van der Waals surface area contributed by atoms with Gasteiger partial charge >= 0.3 is 5.97 Å². The molecule has 1 amide bonds. The summed E-state index contributed by atoms with van der Waals surface area (Å²) in [5.41, 5.74) is 2.67. The lowest BCUT2D eigenvalue weighted by molar-refractivity contribution is -0.127. The van der Waals surface area contributed by atoms with Crippen LogP contribution in [0, 0.1) is 5.92 Å². The number of hydrogen-bond acceptors (Lipinski definition) is 7. The molecule has 8 nitrogen and oxygen atoms in total. The number of anilines is 1. The second kappa shape index (κ2) is 11.4. The average Bonchev–Trinajstić information content (AvgIpc) is 2.83. The van der Waals surface area contributed by atoms with Gasteiger partial charge in [0.15, 0.2) is 5.16 Å². The van der Waals surface area contributed by atoms with E-state index in [2.05, 4.69) is 4.98 Å². The van der Waals surface area contributed by atoms with Crippen LogP contribution in [-0.2, 0) is 22.6 Å². The summed E-state index contributed by atoms with van der Waals surface area (Å²) in [5.74, 6) is -0.215. The summed E-state index contributed by atoms with van der Waals surface area (Å²) in [6.07, 6.45) is 0. The number of carbonyl (C=O) groups excluding carboxylic acids is 2. The Hall–Kier alpha value is -3.33. The molecule has 3 aromatic rings. The number of rotatable bonds is 9. The molecule has 3 rings (SSSR count). The standard InChI is InChI=1S/C26H32N4O4S/c1-17(2)14-30-24(32)21-12-9-19(25(33)34-6)13-22(21)27-26(30)35-16-23(31)29(5)15-18-7-10-20(11-8-18)28(3)4/h7-13,17H,14-16H2,1-6H3. The molecule has 0 aliphatic heterocycles. The largest absolute Gasteiger partial charge is 0.465 e. The first-order chi connectivity index (χ1) is 16.6. The second-order valence-corrected chi connectivity index (χ2v) is 9.97. The predicted octanol–water partition coefficient (Wildman–Crippen LogP) is 3.66. The van der Waals surface area contributed by atoms with Crippen molar-refractivity contribution < 1.29 is 14.3 Å². The number of carbonyl (C=O) groups is 2. The molecule has 0 unspecified atom stereocenters. The Morgan fingerprint density at radius 2 is 1.77 bits per heavy atom. The van der Waals surface area contributed by atoms with Crippen molar-refractivity contribution in [2.24, 2.45) is 5.92 Å². The molecule has 0 aliphatic rings. The molecule has 0 saturated carbocycles. The quantitative estimate of drug-likeness (QED) is 0.254. The zero-order valence-corrected chi connectivity index (χ0v) is 21.9. The molecule has 0 radical (unpaired) electrons. The van der Waals surface area contributed by atoms with E-state index in [1.165, 1.54) is 18.9 Å². The van der Waals surface area contributed by atoms with Crippen molar-refractivity contribution in [1.82, 2.24) is 14.5 Å². The highest BCUT2D eigenvalue weighted by molar-refractivity contribution is 7.99. The summed E-state index contributed by atoms with van der Waals surface area (Å²) in [7, 11) is 7.04. The van der Waals surface area contributed by atoms with Crippen molar-refractivity contribution in [2.75, 3.05) is 38.9 Å². The van der Waals surface area contributed by atoms with E-state index in [1.54, 1.807) is 34.7 Å². The third-order valence-corrected chi connectivity index (χ3v) is 6.47. The maximum absolute atomic E-state index is 13.2. The number of esters is 1. The number of benzene rings is 2. The van der Waals surface area contributed by atoms with Crippen LogP contribution >= 0.6 is 11.8 Å². The predicted molar refractivity (Wildman–Crippen MR) is 140 cm³/mol. The molecule has 186 valence electrons. The van der Waals surface area contributed by atoms with Gasteiger partial charge < -0.3 is 14.5 Å². The van der Waals surface area contributed by atoms with Crippen LogP contribution in [0.1, 0.15) is 29.8 Å². The Bertz CT molecular complexity index is 1270. The fourth-order valence-electron chi connectivity index (χ4n) is 3.58. The van der Waals surface area contributed by atoms with Gasteiger partial charge in [0.25, 0.3) is 5.56 Å². The fraction of sp³-hybridized carbons (Fsp3) is 0.385. The van der Waals surface area contributed by atoms with Gasteiger partial charge in [-0.05, 0) is 41.8 Å². The molecular weight excluding hydrogens is 464 g/mol. The summed E-state index contributed by atoms with van der Waals surface area (Å²) in [5, 5.41) is 0.877. The lowest BCUT2D eigenvalue weighted by Gasteiger charge is -2.19. The molecule has 9 heteroatoms. The van der Waals surface area contributed by atoms with Crippen LogP contribution in [-0.4, -0.2) is 60.3 Å². The lowest BCUT2D eigenvalue weighted by atomic mass is 10.1. The van der Waals surface area contributed by atoms with E-state index in [9.17, 15) is 14.4 Å². The van der Waals surface area contributed by atoms with Crippen molar-refractivity contribution in [2.45, 2.75) is 32.1 Å². The molecule has 0 N–H and O–H groups in total. The van der Waals surface area contributed by atoms with E-state index >= 15 is 0 Å². The van der Waals surface area contributed by atoms with E-state index in [-0.39, 0.29) is 23.1 Å². The number of methoxy groups -OCH3 is 1. The van der Waals surface area contributed by atoms with Crippen molar-refractivity contribution in [3.63, 3.8) is 0 Å². The third kappa shape index (κ3) is 6.42. The normalized spacial score (nSPS) is 11.1. The number of thioether (sulfide) groups is 1. The van der Waals surface area contributed by atoms with E-state index in [1.807, 2.05) is 57.1 Å². The highest BCUT2D eigenvalue weighted by atomic mass is 32.2. The van der Waals surface area contributed by atoms with Gasteiger partial charge in [-0.25, -0.2) is 9.78 Å². The first-order valence-corrected chi connectivity index (χ1v) is 12.3. The lowest BCUT2D eigenvalue weighted by Crippen LogP contribution is -2.29. The van der Waals surface area contributed by atoms with Gasteiger partial charge in [0.1, 0.15) is 0 Å². The Kier molecular flexibility index (Phi) is 8.56. The fourth-order valence-corrected chi connectivity index (χ4v) is 4.53. The molecule has 0 fully saturated rings. The molecule has 0 saturated heterocycles. The zero-order chi connectivity index (χ0) is 25.7. The Labute approximate surface area is 209 Å². The van der Waals surface area contributed by atoms with Crippen LogP contribution in [0.2, 0.25) is 0 Å². The minimum absolute atomic E-state index is 0.0690. The highest BCUT2D eigenvalue weighted by Gasteiger charge is 2.17. The van der Waals surface area contributed by atoms with E-state index in [0.717, 1.165) is 11.3 Å². The minimum Gasteiger partial charge on any atom is -0.465 e. The number of nitrogens with zero attached hydrogens (tertiary/aromatic N) is 4. The Morgan fingerprint density at radius 1 is 1.09 bits per heavy atom. The van der Waals surface area contributed by atoms with Gasteiger partial charge in [0.2, 0.25) is 5.91 Å². The van der Waals surface area contributed by atoms with Crippen LogP contribution in [0.5, 0.6) is 0 Å². The van der Waals surface area contributed by atoms with Gasteiger partial charge in [-0.15, -0.1) is 0 Å². The summed E-state index contributed by atoms with van der Waals surface area (Å²) >= 11 is 1.23. The SMILES string of the molecule is COC(=O)c1ccc2c(=O)n(CC(C)C)c(SCC(=O)N(C)Cc3ccc(N(C)C)cc3)nc2c1. The van der Waals surface area contributed by atoms with Crippen LogP contribution in [0.4, 0.5) is 5.69 Å². The van der Waals surface area contributed by atoms with E-state index < -0.39 is 5.97 Å². The Morgan fingerprint density at radius 3 is 2.37 bits per heavy atom. The number of ether oxygens (including phenoxy) is 1. The van der Waals surface area contributed by atoms with Crippen LogP contribution < -0.4 is 10.5 Å². The molecular formula is C26H32N4O4S. The van der Waals surface area contributed by atoms with Gasteiger partial charge in [-0.2, -0.15) is 0 Å². The van der Waals surface area contributed by atoms with Crippen molar-refractivity contribution in [3.05, 3.63) is 63.9 Å². The molecule has 35 heavy (non-hydrogen) atoms. The monoisotopic (exact) mass is 496 g/mol. The van der Waals surface area contributed by atoms with Crippen molar-refractivity contribution in [3.8, 4) is 0 Å². The van der Waals surface area contributed by atoms with Crippen molar-refractivity contribution >= 4 is 40.2 Å². The van der Waals surface area contributed by atoms with E-state index in [0.29, 0.717) is 34.7 Å². The number of aromatic nitrogens is 2. The second-order valence-electron chi connectivity index (χ2n) is 9.03. The smallest absolute Gasteiger partial charge is 0.337 e. The maximum Gasteiger partial charge on any atom is 0.337 e. The van der Waals surface area contributed by atoms with Crippen LogP contribution in [0.25, 0.3) is 10.9 Å². The van der Waals surface area contributed by atoms with Crippen molar-refractivity contribution in [1.29, 1.82) is 0 Å². The van der Waals surface area contributed by atoms with Gasteiger partial charge in [0, 0.05) is 39.9 Å². The number of hydrogen-bond donors (Lipinski definition) is 0. The Balaban J connectivity index is 1.82. The molecule has 0 bridgehead atoms. The van der Waals surface area contributed by atoms with E-state index in [4.69, 9.17) is 4.74 Å². The molecule has 0 spiro atoms. The maximum atomic E-state index is 13.2. The summed E-state index contributed by atoms with van der Waals surface area (Å²) < 4.78 is 6.40. The molecule has 0 aliphatic carbocycles. The third-order valence-electron chi connectivity index (χ3n) is 5.51. The summed E-state index contributed by atoms with van der Waals surface area (Å²) in [6, 6.07) is 12.8. The van der Waals surface area contributed by atoms with Gasteiger partial charge in [0.05, 0.1) is 29.3 Å². The number of amides is 1. The summed E-state index contributed by atoms with van der Waals surface area (Å²) in [6.45, 7) is 5.00. The number of fused-ring (bicyclic) bond motifs is 1. The van der Waals surface area contributed by atoms with Crippen LogP contribution in [0.3, 0.4) is 0 Å². The van der Waals surface area contributed by atoms with Crippen LogP contribution in [0.15, 0.2) is 52.4 Å². The van der Waals surface area contributed by atoms with Gasteiger partial charge in [-0.3, -0.25) is 14.2 Å². The zero-order valence-electron chi connectivity index (χ0n) is 21.1. The minimum atomic E-state index is -0.496. The first-order valence-electron chi connectivity index (χ1n) is 11.4. The average molecular weight is 497 g/mol. The topological polar surface area (TPSA) is 84.7 Å². The highest BCUT2D eigenvalue weighted by Crippen LogP contribution is 2.21. The van der Waals surface area contributed by atoms with Gasteiger partial charge in [-0.1, -0.05) is 37.7 Å². The molecule has 2 aromatic carbocycles.